The number of rotatable bonds is 6. The molecule has 1 fully saturated rings. The highest BCUT2D eigenvalue weighted by Gasteiger charge is 2.45. The number of para-hydroxylation sites is 1. The third kappa shape index (κ3) is 4.35. The Balaban J connectivity index is 0.00000225. The van der Waals surface area contributed by atoms with Crippen molar-refractivity contribution < 1.29 is 13.6 Å². The number of hydrogen-bond acceptors (Lipinski definition) is 2. The molecule has 1 aliphatic rings. The Kier molecular flexibility index (Phi) is 6.51. The SMILES string of the molecule is CCNCc1ccccc1NC(=O)C1CC1c1cccc(F)c1F.Cl. The molecule has 2 aromatic carbocycles. The maximum absolute atomic E-state index is 13.8. The maximum Gasteiger partial charge on any atom is 0.228 e. The van der Waals surface area contributed by atoms with E-state index in [-0.39, 0.29) is 35.7 Å². The fraction of sp³-hybridized carbons (Fsp3) is 0.316. The van der Waals surface area contributed by atoms with Crippen LogP contribution in [0.4, 0.5) is 14.5 Å². The van der Waals surface area contributed by atoms with E-state index >= 15 is 0 Å². The lowest BCUT2D eigenvalue weighted by molar-refractivity contribution is -0.117. The lowest BCUT2D eigenvalue weighted by atomic mass is 10.1. The van der Waals surface area contributed by atoms with Crippen molar-refractivity contribution in [3.63, 3.8) is 0 Å². The minimum atomic E-state index is -0.866. The average Bonchev–Trinajstić information content (AvgIpc) is 3.37. The van der Waals surface area contributed by atoms with E-state index in [1.807, 2.05) is 31.2 Å². The van der Waals surface area contributed by atoms with Crippen molar-refractivity contribution >= 4 is 24.0 Å². The molecule has 0 aliphatic heterocycles. The van der Waals surface area contributed by atoms with E-state index in [2.05, 4.69) is 10.6 Å². The van der Waals surface area contributed by atoms with E-state index in [1.165, 1.54) is 6.07 Å². The minimum Gasteiger partial charge on any atom is -0.326 e. The van der Waals surface area contributed by atoms with Crippen LogP contribution in [0.2, 0.25) is 0 Å². The summed E-state index contributed by atoms with van der Waals surface area (Å²) in [6.07, 6.45) is 0.543. The first kappa shape index (κ1) is 19.3. The summed E-state index contributed by atoms with van der Waals surface area (Å²) < 4.78 is 27.2. The molecule has 3 nitrogen and oxygen atoms in total. The van der Waals surface area contributed by atoms with Gasteiger partial charge in [0.05, 0.1) is 0 Å². The first-order valence-corrected chi connectivity index (χ1v) is 8.15. The molecule has 134 valence electrons. The first-order chi connectivity index (χ1) is 11.6. The highest BCUT2D eigenvalue weighted by Crippen LogP contribution is 2.49. The number of halogens is 3. The monoisotopic (exact) mass is 366 g/mol. The van der Waals surface area contributed by atoms with E-state index in [1.54, 1.807) is 6.07 Å². The quantitative estimate of drug-likeness (QED) is 0.803. The summed E-state index contributed by atoms with van der Waals surface area (Å²) in [6.45, 7) is 3.52. The van der Waals surface area contributed by atoms with Gasteiger partial charge in [-0.3, -0.25) is 4.79 Å². The van der Waals surface area contributed by atoms with E-state index in [0.717, 1.165) is 23.9 Å². The summed E-state index contributed by atoms with van der Waals surface area (Å²) in [4.78, 5) is 12.4. The molecule has 25 heavy (non-hydrogen) atoms. The number of carbonyl (C=O) groups excluding carboxylic acids is 1. The van der Waals surface area contributed by atoms with Gasteiger partial charge in [-0.05, 0) is 42.1 Å². The Labute approximate surface area is 152 Å². The van der Waals surface area contributed by atoms with Gasteiger partial charge < -0.3 is 10.6 Å². The van der Waals surface area contributed by atoms with Crippen molar-refractivity contribution in [3.8, 4) is 0 Å². The molecule has 1 saturated carbocycles. The molecule has 0 spiro atoms. The maximum atomic E-state index is 13.8. The van der Waals surface area contributed by atoms with Crippen LogP contribution in [0, 0.1) is 17.6 Å². The Hall–Kier alpha value is -1.98. The molecule has 1 aliphatic carbocycles. The van der Waals surface area contributed by atoms with Gasteiger partial charge in [-0.15, -0.1) is 12.4 Å². The number of hydrogen-bond donors (Lipinski definition) is 2. The van der Waals surface area contributed by atoms with Gasteiger partial charge in [-0.25, -0.2) is 8.78 Å². The zero-order valence-electron chi connectivity index (χ0n) is 13.9. The van der Waals surface area contributed by atoms with Gasteiger partial charge in [0.15, 0.2) is 11.6 Å². The molecular weight excluding hydrogens is 346 g/mol. The zero-order chi connectivity index (χ0) is 17.1. The molecule has 2 aromatic rings. The van der Waals surface area contributed by atoms with Crippen LogP contribution in [0.1, 0.15) is 30.4 Å². The molecule has 1 amide bonds. The second kappa shape index (κ2) is 8.41. The van der Waals surface area contributed by atoms with Crippen molar-refractivity contribution in [1.29, 1.82) is 0 Å². The number of amides is 1. The van der Waals surface area contributed by atoms with Gasteiger partial charge in [-0.1, -0.05) is 37.3 Å². The summed E-state index contributed by atoms with van der Waals surface area (Å²) in [5.41, 5.74) is 2.05. The van der Waals surface area contributed by atoms with Crippen LogP contribution in [-0.4, -0.2) is 12.5 Å². The lowest BCUT2D eigenvalue weighted by Gasteiger charge is -2.11. The predicted molar refractivity (Wildman–Crippen MR) is 96.9 cm³/mol. The number of carbonyl (C=O) groups is 1. The normalized spacial score (nSPS) is 18.4. The molecule has 2 atom stereocenters. The Morgan fingerprint density at radius 1 is 1.16 bits per heavy atom. The predicted octanol–water partition coefficient (Wildman–Crippen LogP) is 4.24. The molecule has 0 aromatic heterocycles. The minimum absolute atomic E-state index is 0. The van der Waals surface area contributed by atoms with E-state index in [9.17, 15) is 13.6 Å². The molecule has 0 radical (unpaired) electrons. The standard InChI is InChI=1S/C19H20F2N2O.ClH/c1-2-22-11-12-6-3-4-9-17(12)23-19(24)15-10-14(15)13-7-5-8-16(20)18(13)21;/h3-9,14-15,22H,2,10-11H2,1H3,(H,23,24);1H. The fourth-order valence-corrected chi connectivity index (χ4v) is 2.92. The Morgan fingerprint density at radius 2 is 1.92 bits per heavy atom. The van der Waals surface area contributed by atoms with Crippen LogP contribution in [0.3, 0.4) is 0 Å². The fourth-order valence-electron chi connectivity index (χ4n) is 2.92. The van der Waals surface area contributed by atoms with Gasteiger partial charge in [0.25, 0.3) is 0 Å². The summed E-state index contributed by atoms with van der Waals surface area (Å²) in [7, 11) is 0. The van der Waals surface area contributed by atoms with Gasteiger partial charge >= 0.3 is 0 Å². The molecular formula is C19H21ClF2N2O. The van der Waals surface area contributed by atoms with Crippen molar-refractivity contribution in [1.82, 2.24) is 5.32 Å². The van der Waals surface area contributed by atoms with Crippen molar-refractivity contribution in [2.75, 3.05) is 11.9 Å². The topological polar surface area (TPSA) is 41.1 Å². The van der Waals surface area contributed by atoms with Crippen LogP contribution in [0.15, 0.2) is 42.5 Å². The van der Waals surface area contributed by atoms with Crippen LogP contribution in [0.5, 0.6) is 0 Å². The van der Waals surface area contributed by atoms with E-state index in [0.29, 0.717) is 13.0 Å². The molecule has 2 unspecified atom stereocenters. The lowest BCUT2D eigenvalue weighted by Crippen LogP contribution is -2.18. The smallest absolute Gasteiger partial charge is 0.228 e. The second-order valence-corrected chi connectivity index (χ2v) is 6.02. The summed E-state index contributed by atoms with van der Waals surface area (Å²) >= 11 is 0. The molecule has 0 bridgehead atoms. The molecule has 6 heteroatoms. The third-order valence-electron chi connectivity index (χ3n) is 4.35. The van der Waals surface area contributed by atoms with Gasteiger partial charge in [0.1, 0.15) is 0 Å². The van der Waals surface area contributed by atoms with Crippen LogP contribution >= 0.6 is 12.4 Å². The third-order valence-corrected chi connectivity index (χ3v) is 4.35. The van der Waals surface area contributed by atoms with E-state index in [4.69, 9.17) is 0 Å². The first-order valence-electron chi connectivity index (χ1n) is 8.15. The summed E-state index contributed by atoms with van der Waals surface area (Å²) in [6, 6.07) is 11.7. The largest absolute Gasteiger partial charge is 0.326 e. The Bertz CT molecular complexity index is 754. The average molecular weight is 367 g/mol. The number of benzene rings is 2. The second-order valence-electron chi connectivity index (χ2n) is 6.02. The van der Waals surface area contributed by atoms with Crippen molar-refractivity contribution in [2.45, 2.75) is 25.8 Å². The Morgan fingerprint density at radius 3 is 2.68 bits per heavy atom. The van der Waals surface area contributed by atoms with Crippen LogP contribution in [-0.2, 0) is 11.3 Å². The van der Waals surface area contributed by atoms with Gasteiger partial charge in [0, 0.05) is 18.2 Å². The van der Waals surface area contributed by atoms with Crippen molar-refractivity contribution in [2.24, 2.45) is 5.92 Å². The molecule has 0 saturated heterocycles. The van der Waals surface area contributed by atoms with Crippen molar-refractivity contribution in [3.05, 3.63) is 65.2 Å². The molecule has 0 heterocycles. The highest BCUT2D eigenvalue weighted by molar-refractivity contribution is 5.95. The van der Waals surface area contributed by atoms with Crippen LogP contribution < -0.4 is 10.6 Å². The van der Waals surface area contributed by atoms with E-state index < -0.39 is 11.6 Å². The summed E-state index contributed by atoms with van der Waals surface area (Å²) in [5.74, 6) is -2.41. The van der Waals surface area contributed by atoms with Crippen LogP contribution in [0.25, 0.3) is 0 Å². The highest BCUT2D eigenvalue weighted by atomic mass is 35.5. The zero-order valence-corrected chi connectivity index (χ0v) is 14.7. The summed E-state index contributed by atoms with van der Waals surface area (Å²) in [5, 5.41) is 6.15. The molecule has 2 N–H and O–H groups in total. The number of anilines is 1. The number of nitrogens with one attached hydrogen (secondary N) is 2. The van der Waals surface area contributed by atoms with Gasteiger partial charge in [0.2, 0.25) is 5.91 Å². The van der Waals surface area contributed by atoms with Gasteiger partial charge in [-0.2, -0.15) is 0 Å². The molecule has 3 rings (SSSR count).